The Morgan fingerprint density at radius 3 is 2.47 bits per heavy atom. The van der Waals surface area contributed by atoms with Gasteiger partial charge in [0.2, 0.25) is 0 Å². The van der Waals surface area contributed by atoms with Gasteiger partial charge in [0.1, 0.15) is 11.6 Å². The molecule has 0 aliphatic carbocycles. The highest BCUT2D eigenvalue weighted by Gasteiger charge is 2.12. The molecule has 0 unspecified atom stereocenters. The van der Waals surface area contributed by atoms with Crippen LogP contribution >= 0.6 is 0 Å². The Hall–Kier alpha value is -2.28. The molecule has 19 heavy (non-hydrogen) atoms. The van der Waals surface area contributed by atoms with E-state index in [0.29, 0.717) is 0 Å². The van der Waals surface area contributed by atoms with Crippen molar-refractivity contribution in [3.05, 3.63) is 35.4 Å². The molecule has 1 aromatic carbocycles. The maximum Gasteiger partial charge on any atom is 0.261 e. The molecule has 0 radical (unpaired) electrons. The fourth-order valence-corrected chi connectivity index (χ4v) is 2.21. The van der Waals surface area contributed by atoms with Crippen LogP contribution in [0.15, 0.2) is 29.8 Å². The third-order valence-electron chi connectivity index (χ3n) is 3.27. The molecule has 4 heteroatoms. The number of amides is 1. The van der Waals surface area contributed by atoms with Crippen molar-refractivity contribution >= 4 is 17.7 Å². The van der Waals surface area contributed by atoms with E-state index in [1.54, 1.807) is 6.08 Å². The van der Waals surface area contributed by atoms with Crippen LogP contribution in [-0.2, 0) is 4.79 Å². The Morgan fingerprint density at radius 2 is 1.95 bits per heavy atom. The molecule has 1 saturated heterocycles. The van der Waals surface area contributed by atoms with Gasteiger partial charge in [-0.05, 0) is 36.6 Å². The average molecular weight is 255 g/mol. The maximum absolute atomic E-state index is 11.4. The molecular formula is C15H17N3O. The predicted molar refractivity (Wildman–Crippen MR) is 75.5 cm³/mol. The fraction of sp³-hybridized carbons (Fsp3) is 0.333. The molecule has 0 spiro atoms. The van der Waals surface area contributed by atoms with E-state index in [0.717, 1.165) is 18.7 Å². The van der Waals surface area contributed by atoms with Gasteiger partial charge in [-0.25, -0.2) is 0 Å². The lowest BCUT2D eigenvalue weighted by Crippen LogP contribution is -2.19. The molecule has 0 aromatic heterocycles. The van der Waals surface area contributed by atoms with Crippen LogP contribution in [0.5, 0.6) is 0 Å². The van der Waals surface area contributed by atoms with E-state index in [9.17, 15) is 4.79 Å². The second-order valence-electron chi connectivity index (χ2n) is 4.53. The van der Waals surface area contributed by atoms with Crippen molar-refractivity contribution in [1.29, 1.82) is 5.26 Å². The number of anilines is 1. The van der Waals surface area contributed by atoms with Crippen LogP contribution in [0.2, 0.25) is 0 Å². The zero-order valence-corrected chi connectivity index (χ0v) is 11.0. The molecule has 4 nitrogen and oxygen atoms in total. The quantitative estimate of drug-likeness (QED) is 0.663. The molecule has 1 aliphatic heterocycles. The summed E-state index contributed by atoms with van der Waals surface area (Å²) in [6, 6.07) is 9.86. The summed E-state index contributed by atoms with van der Waals surface area (Å²) in [4.78, 5) is 13.8. The Labute approximate surface area is 113 Å². The van der Waals surface area contributed by atoms with Crippen LogP contribution < -0.4 is 10.2 Å². The van der Waals surface area contributed by atoms with Crippen LogP contribution in [0, 0.1) is 11.3 Å². The third-order valence-corrected chi connectivity index (χ3v) is 3.27. The third kappa shape index (κ3) is 3.14. The van der Waals surface area contributed by atoms with Gasteiger partial charge in [-0.2, -0.15) is 5.26 Å². The normalized spacial score (nSPS) is 15.2. The lowest BCUT2D eigenvalue weighted by atomic mass is 10.1. The molecular weight excluding hydrogens is 238 g/mol. The summed E-state index contributed by atoms with van der Waals surface area (Å²) < 4.78 is 0. The van der Waals surface area contributed by atoms with E-state index >= 15 is 0 Å². The van der Waals surface area contributed by atoms with E-state index in [2.05, 4.69) is 10.2 Å². The van der Waals surface area contributed by atoms with E-state index in [4.69, 9.17) is 5.26 Å². The van der Waals surface area contributed by atoms with Crippen LogP contribution in [0.4, 0.5) is 5.69 Å². The summed E-state index contributed by atoms with van der Waals surface area (Å²) in [5.41, 5.74) is 2.19. The summed E-state index contributed by atoms with van der Waals surface area (Å²) in [5.74, 6) is -0.355. The Bertz CT molecular complexity index is 519. The minimum absolute atomic E-state index is 0.122. The van der Waals surface area contributed by atoms with Gasteiger partial charge in [0.25, 0.3) is 5.91 Å². The minimum atomic E-state index is -0.355. The van der Waals surface area contributed by atoms with Gasteiger partial charge in [-0.3, -0.25) is 4.79 Å². The largest absolute Gasteiger partial charge is 0.372 e. The molecule has 0 saturated carbocycles. The standard InChI is InChI=1S/C15H17N3O/c1-17-15(19)13(11-16)10-12-4-6-14(7-5-12)18-8-2-3-9-18/h4-7,10H,2-3,8-9H2,1H3,(H,17,19). The predicted octanol–water partition coefficient (Wildman–Crippen LogP) is 1.94. The second kappa shape index (κ2) is 6.05. The number of nitriles is 1. The van der Waals surface area contributed by atoms with Gasteiger partial charge in [0, 0.05) is 25.8 Å². The van der Waals surface area contributed by atoms with Crippen molar-refractivity contribution in [3.63, 3.8) is 0 Å². The first-order valence-corrected chi connectivity index (χ1v) is 6.43. The summed E-state index contributed by atoms with van der Waals surface area (Å²) in [7, 11) is 1.52. The monoisotopic (exact) mass is 255 g/mol. The molecule has 0 bridgehead atoms. The zero-order chi connectivity index (χ0) is 13.7. The van der Waals surface area contributed by atoms with E-state index in [1.165, 1.54) is 25.6 Å². The molecule has 1 heterocycles. The first-order chi connectivity index (χ1) is 9.24. The number of carbonyl (C=O) groups excluding carboxylic acids is 1. The first kappa shape index (κ1) is 13.2. The van der Waals surface area contributed by atoms with Crippen LogP contribution in [0.1, 0.15) is 18.4 Å². The lowest BCUT2D eigenvalue weighted by Gasteiger charge is -2.17. The van der Waals surface area contributed by atoms with Gasteiger partial charge in [0.15, 0.2) is 0 Å². The molecule has 1 aliphatic rings. The molecule has 1 aromatic rings. The van der Waals surface area contributed by atoms with Crippen LogP contribution in [0.3, 0.4) is 0 Å². The lowest BCUT2D eigenvalue weighted by molar-refractivity contribution is -0.116. The minimum Gasteiger partial charge on any atom is -0.372 e. The van der Waals surface area contributed by atoms with Gasteiger partial charge in [0.05, 0.1) is 0 Å². The van der Waals surface area contributed by atoms with Gasteiger partial charge < -0.3 is 10.2 Å². The van der Waals surface area contributed by atoms with Crippen molar-refractivity contribution in [2.24, 2.45) is 0 Å². The number of hydrogen-bond donors (Lipinski definition) is 1. The molecule has 98 valence electrons. The highest BCUT2D eigenvalue weighted by atomic mass is 16.1. The van der Waals surface area contributed by atoms with E-state index in [-0.39, 0.29) is 11.5 Å². The van der Waals surface area contributed by atoms with Crippen molar-refractivity contribution in [3.8, 4) is 6.07 Å². The summed E-state index contributed by atoms with van der Waals surface area (Å²) in [6.45, 7) is 2.22. The molecule has 1 fully saturated rings. The number of carbonyl (C=O) groups is 1. The number of benzene rings is 1. The highest BCUT2D eigenvalue weighted by molar-refractivity contribution is 6.01. The number of nitrogens with zero attached hydrogens (tertiary/aromatic N) is 2. The molecule has 2 rings (SSSR count). The number of rotatable bonds is 3. The fourth-order valence-electron chi connectivity index (χ4n) is 2.21. The molecule has 1 amide bonds. The van der Waals surface area contributed by atoms with Gasteiger partial charge in [-0.1, -0.05) is 12.1 Å². The van der Waals surface area contributed by atoms with Crippen molar-refractivity contribution in [2.45, 2.75) is 12.8 Å². The number of nitrogens with one attached hydrogen (secondary N) is 1. The molecule has 0 atom stereocenters. The SMILES string of the molecule is CNC(=O)C(C#N)=Cc1ccc(N2CCCC2)cc1. The van der Waals surface area contributed by atoms with Crippen molar-refractivity contribution < 1.29 is 4.79 Å². The van der Waals surface area contributed by atoms with Gasteiger partial charge >= 0.3 is 0 Å². The average Bonchev–Trinajstić information content (AvgIpc) is 2.98. The van der Waals surface area contributed by atoms with Gasteiger partial charge in [-0.15, -0.1) is 0 Å². The summed E-state index contributed by atoms with van der Waals surface area (Å²) >= 11 is 0. The van der Waals surface area contributed by atoms with Crippen LogP contribution in [0.25, 0.3) is 6.08 Å². The Balaban J connectivity index is 2.16. The molecule has 1 N–H and O–H groups in total. The summed E-state index contributed by atoms with van der Waals surface area (Å²) in [5, 5.41) is 11.4. The van der Waals surface area contributed by atoms with E-state index in [1.807, 2.05) is 30.3 Å². The Kier molecular flexibility index (Phi) is 4.19. The first-order valence-electron chi connectivity index (χ1n) is 6.43. The number of likely N-dealkylation sites (N-methyl/N-ethyl adjacent to an activating group) is 1. The highest BCUT2D eigenvalue weighted by Crippen LogP contribution is 2.21. The maximum atomic E-state index is 11.4. The second-order valence-corrected chi connectivity index (χ2v) is 4.53. The Morgan fingerprint density at radius 1 is 1.32 bits per heavy atom. The number of hydrogen-bond acceptors (Lipinski definition) is 3. The van der Waals surface area contributed by atoms with Crippen molar-refractivity contribution in [2.75, 3.05) is 25.0 Å². The topological polar surface area (TPSA) is 56.1 Å². The van der Waals surface area contributed by atoms with Crippen molar-refractivity contribution in [1.82, 2.24) is 5.32 Å². The smallest absolute Gasteiger partial charge is 0.261 e. The van der Waals surface area contributed by atoms with Crippen LogP contribution in [-0.4, -0.2) is 26.0 Å². The van der Waals surface area contributed by atoms with E-state index < -0.39 is 0 Å². The summed E-state index contributed by atoms with van der Waals surface area (Å²) in [6.07, 6.45) is 4.10. The zero-order valence-electron chi connectivity index (χ0n) is 11.0.